The quantitative estimate of drug-likeness (QED) is 0.515. The molecule has 0 N–H and O–H groups in total. The Labute approximate surface area is 176 Å². The molecule has 0 radical (unpaired) electrons. The summed E-state index contributed by atoms with van der Waals surface area (Å²) in [6.07, 6.45) is -7.70. The number of thioether (sulfide) groups is 1. The first-order valence-electron chi connectivity index (χ1n) is 8.37. The number of fused-ring (bicyclic) bond motifs is 1. The van der Waals surface area contributed by atoms with Crippen molar-refractivity contribution in [1.82, 2.24) is 23.7 Å². The number of halogens is 8. The summed E-state index contributed by atoms with van der Waals surface area (Å²) in [4.78, 5) is 28.3. The first-order valence-corrected chi connectivity index (χ1v) is 9.76. The summed E-state index contributed by atoms with van der Waals surface area (Å²) < 4.78 is 106. The summed E-state index contributed by atoms with van der Waals surface area (Å²) in [7, 11) is 0. The van der Waals surface area contributed by atoms with Crippen LogP contribution in [0.15, 0.2) is 34.2 Å². The third-order valence-electron chi connectivity index (χ3n) is 4.19. The van der Waals surface area contributed by atoms with Gasteiger partial charge in [-0.3, -0.25) is 23.2 Å². The van der Waals surface area contributed by atoms with Gasteiger partial charge in [-0.25, -0.2) is 4.98 Å². The predicted molar refractivity (Wildman–Crippen MR) is 96.5 cm³/mol. The molecule has 0 aromatic carbocycles. The summed E-state index contributed by atoms with van der Waals surface area (Å²) in [5, 5.41) is 3.23. The van der Waals surface area contributed by atoms with Gasteiger partial charge in [0.2, 0.25) is 5.78 Å². The monoisotopic (exact) mass is 489 g/mol. The molecule has 3 aromatic heterocycles. The summed E-state index contributed by atoms with van der Waals surface area (Å²) in [6.45, 7) is -2.01. The maximum Gasteiger partial charge on any atom is 0.455 e. The number of nitrogens with zero attached hydrogens (tertiary/aromatic N) is 5. The van der Waals surface area contributed by atoms with Gasteiger partial charge < -0.3 is 0 Å². The fourth-order valence-corrected chi connectivity index (χ4v) is 3.26. The largest absolute Gasteiger partial charge is 0.455 e. The van der Waals surface area contributed by atoms with Crippen LogP contribution in [0, 0.1) is 0 Å². The fraction of sp³-hybridized carbons (Fsp3) is 0.375. The van der Waals surface area contributed by atoms with Gasteiger partial charge in [-0.15, -0.1) is 11.8 Å². The molecule has 0 aliphatic heterocycles. The van der Waals surface area contributed by atoms with Crippen LogP contribution < -0.4 is 11.1 Å². The summed E-state index contributed by atoms with van der Waals surface area (Å²) >= 11 is 1.06. The summed E-state index contributed by atoms with van der Waals surface area (Å²) in [5.41, 5.74) is -5.59. The van der Waals surface area contributed by atoms with Gasteiger partial charge >= 0.3 is 18.3 Å². The number of rotatable bonds is 5. The van der Waals surface area contributed by atoms with E-state index in [1.807, 2.05) is 0 Å². The van der Waals surface area contributed by atoms with Crippen molar-refractivity contribution in [1.29, 1.82) is 0 Å². The van der Waals surface area contributed by atoms with Crippen LogP contribution in [0.25, 0.3) is 16.9 Å². The molecule has 0 atom stereocenters. The van der Waals surface area contributed by atoms with E-state index in [1.165, 1.54) is 0 Å². The Balaban J connectivity index is 2.25. The van der Waals surface area contributed by atoms with Crippen molar-refractivity contribution in [3.63, 3.8) is 0 Å². The zero-order valence-corrected chi connectivity index (χ0v) is 16.5. The van der Waals surface area contributed by atoms with E-state index in [9.17, 15) is 44.7 Å². The SMILES string of the molecule is CSCn1c(=O)ccn2c(=O)c(-c3cnn(CC(F)(F)C(F)(F)F)c3)c(C(F)(F)F)nc12. The van der Waals surface area contributed by atoms with E-state index >= 15 is 0 Å². The minimum absolute atomic E-state index is 0.0753. The minimum Gasteiger partial charge on any atom is -0.269 e. The highest BCUT2D eigenvalue weighted by Gasteiger charge is 2.57. The Kier molecular flexibility index (Phi) is 5.86. The number of hydrogen-bond donors (Lipinski definition) is 0. The lowest BCUT2D eigenvalue weighted by atomic mass is 10.1. The van der Waals surface area contributed by atoms with E-state index in [-0.39, 0.29) is 10.6 Å². The molecule has 7 nitrogen and oxygen atoms in total. The average molecular weight is 489 g/mol. The van der Waals surface area contributed by atoms with Crippen molar-refractivity contribution in [2.24, 2.45) is 0 Å². The van der Waals surface area contributed by atoms with E-state index in [2.05, 4.69) is 10.1 Å². The molecule has 0 saturated heterocycles. The molecule has 174 valence electrons. The molecule has 32 heavy (non-hydrogen) atoms. The molecule has 3 rings (SSSR count). The average Bonchev–Trinajstić information content (AvgIpc) is 3.09. The molecule has 3 aromatic rings. The van der Waals surface area contributed by atoms with Crippen LogP contribution in [-0.4, -0.2) is 42.1 Å². The molecular weight excluding hydrogens is 478 g/mol. The zero-order chi connectivity index (χ0) is 24.1. The highest BCUT2D eigenvalue weighted by Crippen LogP contribution is 2.37. The maximum absolute atomic E-state index is 13.7. The summed E-state index contributed by atoms with van der Waals surface area (Å²) in [6, 6.07) is 0.913. The molecule has 0 aliphatic carbocycles. The standard InChI is InChI=1S/C16H11F8N5O2S/c1-32-7-29-9(30)2-3-28-12(31)10(11(15(19,20)21)26-13(28)29)8-4-25-27(5-8)6-14(17,18)16(22,23)24/h2-5H,6-7H2,1H3. The van der Waals surface area contributed by atoms with Gasteiger partial charge in [-0.05, 0) is 6.26 Å². The first-order chi connectivity index (χ1) is 14.7. The second kappa shape index (κ2) is 7.90. The molecular formula is C16H11F8N5O2S. The molecule has 0 fully saturated rings. The van der Waals surface area contributed by atoms with Crippen molar-refractivity contribution < 1.29 is 35.1 Å². The van der Waals surface area contributed by atoms with Crippen LogP contribution >= 0.6 is 11.8 Å². The van der Waals surface area contributed by atoms with Gasteiger partial charge in [0.1, 0.15) is 6.54 Å². The van der Waals surface area contributed by atoms with Crippen LogP contribution in [0.3, 0.4) is 0 Å². The zero-order valence-electron chi connectivity index (χ0n) is 15.7. The molecule has 0 saturated carbocycles. The van der Waals surface area contributed by atoms with E-state index in [0.717, 1.165) is 28.6 Å². The van der Waals surface area contributed by atoms with Crippen molar-refractivity contribution in [3.8, 4) is 11.1 Å². The Morgan fingerprint density at radius 1 is 1.06 bits per heavy atom. The van der Waals surface area contributed by atoms with Crippen LogP contribution in [0.4, 0.5) is 35.1 Å². The summed E-state index contributed by atoms with van der Waals surface area (Å²) in [5.74, 6) is -5.96. The Morgan fingerprint density at radius 3 is 2.28 bits per heavy atom. The van der Waals surface area contributed by atoms with Crippen molar-refractivity contribution >= 4 is 17.5 Å². The van der Waals surface area contributed by atoms with Crippen molar-refractivity contribution in [2.75, 3.05) is 6.26 Å². The van der Waals surface area contributed by atoms with Gasteiger partial charge in [0.25, 0.3) is 11.1 Å². The highest BCUT2D eigenvalue weighted by molar-refractivity contribution is 7.97. The van der Waals surface area contributed by atoms with Crippen LogP contribution in [0.1, 0.15) is 5.69 Å². The lowest BCUT2D eigenvalue weighted by Crippen LogP contribution is -2.40. The van der Waals surface area contributed by atoms with Crippen LogP contribution in [0.2, 0.25) is 0 Å². The minimum atomic E-state index is -5.92. The first kappa shape index (κ1) is 23.7. The molecule has 0 aliphatic rings. The molecule has 0 spiro atoms. The van der Waals surface area contributed by atoms with E-state index in [4.69, 9.17) is 0 Å². The van der Waals surface area contributed by atoms with Gasteiger partial charge in [0, 0.05) is 24.0 Å². The molecule has 16 heteroatoms. The van der Waals surface area contributed by atoms with E-state index in [1.54, 1.807) is 6.26 Å². The predicted octanol–water partition coefficient (Wildman–Crippen LogP) is 3.26. The van der Waals surface area contributed by atoms with Gasteiger partial charge in [-0.2, -0.15) is 40.2 Å². The third kappa shape index (κ3) is 4.22. The fourth-order valence-electron chi connectivity index (χ4n) is 2.76. The Hall–Kier alpha value is -2.91. The second-order valence-electron chi connectivity index (χ2n) is 6.44. The lowest BCUT2D eigenvalue weighted by Gasteiger charge is -2.19. The number of aromatic nitrogens is 5. The molecule has 0 amide bonds. The maximum atomic E-state index is 13.7. The van der Waals surface area contributed by atoms with Crippen molar-refractivity contribution in [2.45, 2.75) is 30.7 Å². The van der Waals surface area contributed by atoms with E-state index < -0.39 is 58.5 Å². The van der Waals surface area contributed by atoms with Gasteiger partial charge in [0.15, 0.2) is 5.69 Å². The topological polar surface area (TPSA) is 74.2 Å². The third-order valence-corrected chi connectivity index (χ3v) is 4.71. The normalized spacial score (nSPS) is 13.2. The van der Waals surface area contributed by atoms with Crippen LogP contribution in [0.5, 0.6) is 0 Å². The van der Waals surface area contributed by atoms with Crippen LogP contribution in [-0.2, 0) is 18.6 Å². The Bertz CT molecular complexity index is 1270. The number of alkyl halides is 8. The van der Waals surface area contributed by atoms with E-state index in [0.29, 0.717) is 16.8 Å². The molecule has 0 unspecified atom stereocenters. The smallest absolute Gasteiger partial charge is 0.269 e. The number of hydrogen-bond acceptors (Lipinski definition) is 5. The second-order valence-corrected chi connectivity index (χ2v) is 7.27. The highest BCUT2D eigenvalue weighted by atomic mass is 32.2. The van der Waals surface area contributed by atoms with Gasteiger partial charge in [0.05, 0.1) is 17.6 Å². The van der Waals surface area contributed by atoms with Gasteiger partial charge in [-0.1, -0.05) is 0 Å². The molecule has 0 bridgehead atoms. The molecule has 3 heterocycles. The van der Waals surface area contributed by atoms with Crippen molar-refractivity contribution in [3.05, 3.63) is 51.1 Å². The Morgan fingerprint density at radius 2 is 1.72 bits per heavy atom. The lowest BCUT2D eigenvalue weighted by molar-refractivity contribution is -0.287.